The third-order valence-corrected chi connectivity index (χ3v) is 3.08. The van der Waals surface area contributed by atoms with Crippen LogP contribution in [0.5, 0.6) is 0 Å². The highest BCUT2D eigenvalue weighted by atomic mass is 16.5. The topological polar surface area (TPSA) is 62.7 Å². The summed E-state index contributed by atoms with van der Waals surface area (Å²) in [6, 6.07) is 3.26. The van der Waals surface area contributed by atoms with Crippen molar-refractivity contribution in [3.8, 4) is 0 Å². The fourth-order valence-electron chi connectivity index (χ4n) is 1.84. The number of hydrogen-bond acceptors (Lipinski definition) is 5. The van der Waals surface area contributed by atoms with Crippen LogP contribution in [0.2, 0.25) is 0 Å². The molecule has 102 valence electrons. The molecule has 0 saturated carbocycles. The molecule has 0 aromatic carbocycles. The van der Waals surface area contributed by atoms with Crippen LogP contribution in [0, 0.1) is 0 Å². The number of rotatable bonds is 3. The molecule has 19 heavy (non-hydrogen) atoms. The van der Waals surface area contributed by atoms with Gasteiger partial charge in [0.05, 0.1) is 5.56 Å². The fourth-order valence-corrected chi connectivity index (χ4v) is 1.84. The van der Waals surface area contributed by atoms with Gasteiger partial charge in [-0.2, -0.15) is 0 Å². The first-order valence-corrected chi connectivity index (χ1v) is 6.20. The van der Waals surface area contributed by atoms with Crippen LogP contribution in [0.15, 0.2) is 24.5 Å². The van der Waals surface area contributed by atoms with Gasteiger partial charge in [-0.15, -0.1) is 0 Å². The first kappa shape index (κ1) is 13.5. The molecule has 1 saturated heterocycles. The molecule has 1 amide bonds. The van der Waals surface area contributed by atoms with Gasteiger partial charge in [0.25, 0.3) is 5.91 Å². The van der Waals surface area contributed by atoms with Crippen LogP contribution in [0.1, 0.15) is 10.4 Å². The SMILES string of the molecule is CN1CCN(C(=O)COC(=O)c2cccnc2)CC1. The molecule has 0 unspecified atom stereocenters. The van der Waals surface area contributed by atoms with Gasteiger partial charge in [0.1, 0.15) is 0 Å². The summed E-state index contributed by atoms with van der Waals surface area (Å²) in [5.41, 5.74) is 0.355. The average molecular weight is 263 g/mol. The zero-order valence-corrected chi connectivity index (χ0v) is 10.9. The first-order valence-electron chi connectivity index (χ1n) is 6.20. The lowest BCUT2D eigenvalue weighted by Gasteiger charge is -2.32. The van der Waals surface area contributed by atoms with Crippen molar-refractivity contribution in [1.82, 2.24) is 14.8 Å². The lowest BCUT2D eigenvalue weighted by atomic mass is 10.3. The number of ether oxygens (including phenoxy) is 1. The summed E-state index contributed by atoms with van der Waals surface area (Å²) in [6.07, 6.45) is 2.99. The number of carbonyl (C=O) groups excluding carboxylic acids is 2. The number of esters is 1. The molecule has 1 aromatic rings. The van der Waals surface area contributed by atoms with Crippen molar-refractivity contribution in [3.05, 3.63) is 30.1 Å². The Kier molecular flexibility index (Phi) is 4.46. The van der Waals surface area contributed by atoms with E-state index < -0.39 is 5.97 Å². The number of amides is 1. The van der Waals surface area contributed by atoms with Gasteiger partial charge in [-0.05, 0) is 19.2 Å². The molecule has 0 radical (unpaired) electrons. The van der Waals surface area contributed by atoms with Crippen molar-refractivity contribution >= 4 is 11.9 Å². The zero-order valence-electron chi connectivity index (χ0n) is 10.9. The Morgan fingerprint density at radius 3 is 2.68 bits per heavy atom. The minimum absolute atomic E-state index is 0.148. The van der Waals surface area contributed by atoms with E-state index in [9.17, 15) is 9.59 Å². The highest BCUT2D eigenvalue weighted by molar-refractivity contribution is 5.90. The van der Waals surface area contributed by atoms with E-state index in [0.717, 1.165) is 13.1 Å². The number of carbonyl (C=O) groups is 2. The highest BCUT2D eigenvalue weighted by Gasteiger charge is 2.20. The van der Waals surface area contributed by atoms with Crippen molar-refractivity contribution in [1.29, 1.82) is 0 Å². The van der Waals surface area contributed by atoms with Gasteiger partial charge in [0, 0.05) is 38.6 Å². The maximum Gasteiger partial charge on any atom is 0.340 e. The summed E-state index contributed by atoms with van der Waals surface area (Å²) in [6.45, 7) is 2.85. The standard InChI is InChI=1S/C13H17N3O3/c1-15-5-7-16(8-6-15)12(17)10-19-13(18)11-3-2-4-14-9-11/h2-4,9H,5-8,10H2,1H3. The summed E-state index contributed by atoms with van der Waals surface area (Å²) >= 11 is 0. The lowest BCUT2D eigenvalue weighted by molar-refractivity contribution is -0.136. The van der Waals surface area contributed by atoms with Gasteiger partial charge in [-0.3, -0.25) is 9.78 Å². The summed E-state index contributed by atoms with van der Waals surface area (Å²) in [5, 5.41) is 0. The van der Waals surface area contributed by atoms with Gasteiger partial charge in [-0.25, -0.2) is 4.79 Å². The van der Waals surface area contributed by atoms with E-state index in [-0.39, 0.29) is 12.5 Å². The van der Waals surface area contributed by atoms with Crippen LogP contribution in [-0.4, -0.2) is 66.5 Å². The summed E-state index contributed by atoms with van der Waals surface area (Å²) in [5.74, 6) is -0.666. The maximum absolute atomic E-state index is 11.9. The fraction of sp³-hybridized carbons (Fsp3) is 0.462. The number of nitrogens with zero attached hydrogens (tertiary/aromatic N) is 3. The Balaban J connectivity index is 1.79. The van der Waals surface area contributed by atoms with Crippen molar-refractivity contribution in [2.24, 2.45) is 0 Å². The largest absolute Gasteiger partial charge is 0.452 e. The smallest absolute Gasteiger partial charge is 0.340 e. The van der Waals surface area contributed by atoms with Crippen LogP contribution in [0.3, 0.4) is 0 Å². The molecular formula is C13H17N3O3. The number of hydrogen-bond donors (Lipinski definition) is 0. The third kappa shape index (κ3) is 3.75. The molecule has 0 N–H and O–H groups in total. The van der Waals surface area contributed by atoms with Gasteiger partial charge in [0.2, 0.25) is 0 Å². The Labute approximate surface area is 112 Å². The Morgan fingerprint density at radius 1 is 1.32 bits per heavy atom. The summed E-state index contributed by atoms with van der Waals surface area (Å²) < 4.78 is 4.99. The average Bonchev–Trinajstić information content (AvgIpc) is 2.46. The molecule has 6 nitrogen and oxygen atoms in total. The monoisotopic (exact) mass is 263 g/mol. The molecule has 0 aliphatic carbocycles. The van der Waals surface area contributed by atoms with E-state index in [2.05, 4.69) is 9.88 Å². The molecule has 0 atom stereocenters. The van der Waals surface area contributed by atoms with E-state index in [1.165, 1.54) is 6.20 Å². The quantitative estimate of drug-likeness (QED) is 0.719. The van der Waals surface area contributed by atoms with E-state index >= 15 is 0 Å². The molecule has 6 heteroatoms. The molecule has 0 spiro atoms. The van der Waals surface area contributed by atoms with Gasteiger partial charge < -0.3 is 14.5 Å². The van der Waals surface area contributed by atoms with E-state index in [1.807, 2.05) is 7.05 Å². The second-order valence-electron chi connectivity index (χ2n) is 4.50. The molecule has 0 bridgehead atoms. The highest BCUT2D eigenvalue weighted by Crippen LogP contribution is 2.02. The summed E-state index contributed by atoms with van der Waals surface area (Å²) in [4.78, 5) is 31.2. The normalized spacial score (nSPS) is 16.2. The second kappa shape index (κ2) is 6.29. The lowest BCUT2D eigenvalue weighted by Crippen LogP contribution is -2.48. The minimum atomic E-state index is -0.518. The van der Waals surface area contributed by atoms with Crippen LogP contribution in [0.4, 0.5) is 0 Å². The predicted molar refractivity (Wildman–Crippen MR) is 68.6 cm³/mol. The number of piperazine rings is 1. The van der Waals surface area contributed by atoms with Crippen LogP contribution >= 0.6 is 0 Å². The number of pyridine rings is 1. The van der Waals surface area contributed by atoms with Crippen molar-refractivity contribution in [3.63, 3.8) is 0 Å². The molecular weight excluding hydrogens is 246 g/mol. The number of likely N-dealkylation sites (N-methyl/N-ethyl adjacent to an activating group) is 1. The Morgan fingerprint density at radius 2 is 2.05 bits per heavy atom. The third-order valence-electron chi connectivity index (χ3n) is 3.08. The molecule has 1 aliphatic rings. The predicted octanol–water partition coefficient (Wildman–Crippen LogP) is 0.0124. The van der Waals surface area contributed by atoms with Crippen molar-refractivity contribution < 1.29 is 14.3 Å². The van der Waals surface area contributed by atoms with Crippen LogP contribution < -0.4 is 0 Å². The molecule has 1 fully saturated rings. The molecule has 1 aromatic heterocycles. The minimum Gasteiger partial charge on any atom is -0.452 e. The van der Waals surface area contributed by atoms with Gasteiger partial charge >= 0.3 is 5.97 Å². The molecule has 2 heterocycles. The van der Waals surface area contributed by atoms with E-state index in [1.54, 1.807) is 23.2 Å². The first-order chi connectivity index (χ1) is 9.16. The zero-order chi connectivity index (χ0) is 13.7. The molecule has 1 aliphatic heterocycles. The van der Waals surface area contributed by atoms with Crippen LogP contribution in [0.25, 0.3) is 0 Å². The Hall–Kier alpha value is -1.95. The van der Waals surface area contributed by atoms with Crippen LogP contribution in [-0.2, 0) is 9.53 Å². The Bertz CT molecular complexity index is 442. The van der Waals surface area contributed by atoms with Gasteiger partial charge in [0.15, 0.2) is 6.61 Å². The van der Waals surface area contributed by atoms with Crippen molar-refractivity contribution in [2.45, 2.75) is 0 Å². The van der Waals surface area contributed by atoms with E-state index in [0.29, 0.717) is 18.7 Å². The second-order valence-corrected chi connectivity index (χ2v) is 4.50. The molecule has 2 rings (SSSR count). The van der Waals surface area contributed by atoms with Crippen molar-refractivity contribution in [2.75, 3.05) is 39.8 Å². The summed E-state index contributed by atoms with van der Waals surface area (Å²) in [7, 11) is 2.02. The van der Waals surface area contributed by atoms with E-state index in [4.69, 9.17) is 4.74 Å². The van der Waals surface area contributed by atoms with Gasteiger partial charge in [-0.1, -0.05) is 0 Å². The number of aromatic nitrogens is 1. The maximum atomic E-state index is 11.9.